The summed E-state index contributed by atoms with van der Waals surface area (Å²) >= 11 is 0. The lowest BCUT2D eigenvalue weighted by molar-refractivity contribution is 0.0986. The molecule has 34 heavy (non-hydrogen) atoms. The summed E-state index contributed by atoms with van der Waals surface area (Å²) in [6.45, 7) is 8.21. The Bertz CT molecular complexity index is 1070. The fraction of sp³-hybridized carbons (Fsp3) is 0.773. The van der Waals surface area contributed by atoms with Crippen LogP contribution in [0.25, 0.3) is 11.0 Å². The van der Waals surface area contributed by atoms with E-state index < -0.39 is 10.0 Å². The van der Waals surface area contributed by atoms with Gasteiger partial charge in [-0.3, -0.25) is 5.10 Å². The average molecular weight is 496 g/mol. The number of nitrogens with one attached hydrogen (secondary N) is 3. The molecular weight excluding hydrogens is 458 g/mol. The van der Waals surface area contributed by atoms with Crippen LogP contribution in [0.2, 0.25) is 0 Å². The summed E-state index contributed by atoms with van der Waals surface area (Å²) in [6, 6.07) is 0.347. The Kier molecular flexibility index (Phi) is 7.78. The van der Waals surface area contributed by atoms with E-state index in [0.717, 1.165) is 43.4 Å². The lowest BCUT2D eigenvalue weighted by Gasteiger charge is -2.33. The molecule has 3 N–H and O–H groups in total. The Hall–Kier alpha value is -2.18. The molecule has 2 aromatic rings. The molecule has 0 radical (unpaired) electrons. The van der Waals surface area contributed by atoms with Crippen LogP contribution in [0.4, 0.5) is 11.8 Å². The molecule has 2 aliphatic rings. The predicted octanol–water partition coefficient (Wildman–Crippen LogP) is 2.28. The quantitative estimate of drug-likeness (QED) is 0.479. The molecule has 1 aliphatic heterocycles. The molecule has 12 heteroatoms. The van der Waals surface area contributed by atoms with Crippen LogP contribution in [0.3, 0.4) is 0 Å². The Labute approximate surface area is 201 Å². The topological polar surface area (TPSA) is 134 Å². The highest BCUT2D eigenvalue weighted by Crippen LogP contribution is 2.33. The standard InChI is InChI=1S/C22H37N7O4S/c1-14(2)9-12-34(30,31)28-17-7-5-16(6-8-17)23-22-24-19-18(21(25-22)32-4)20(27-26-19)29-10-11-33-13-15(29)3/h14-17,28H,5-13H2,1-4H3,(H2,23,24,25,26,27)/t15-,16?,17?/m0/s1. The number of anilines is 2. The van der Waals surface area contributed by atoms with E-state index in [1.807, 2.05) is 13.8 Å². The number of rotatable bonds is 9. The molecule has 2 fully saturated rings. The van der Waals surface area contributed by atoms with Crippen LogP contribution >= 0.6 is 0 Å². The lowest BCUT2D eigenvalue weighted by Crippen LogP contribution is -2.44. The van der Waals surface area contributed by atoms with E-state index in [-0.39, 0.29) is 23.9 Å². The summed E-state index contributed by atoms with van der Waals surface area (Å²) in [5.41, 5.74) is 0.620. The van der Waals surface area contributed by atoms with Crippen molar-refractivity contribution < 1.29 is 17.9 Å². The van der Waals surface area contributed by atoms with E-state index in [1.165, 1.54) is 0 Å². The van der Waals surface area contributed by atoms with Crippen molar-refractivity contribution in [1.29, 1.82) is 0 Å². The second kappa shape index (κ2) is 10.6. The summed E-state index contributed by atoms with van der Waals surface area (Å²) < 4.78 is 38.7. The second-order valence-corrected chi connectivity index (χ2v) is 11.6. The van der Waals surface area contributed by atoms with Crippen LogP contribution in [0, 0.1) is 5.92 Å². The highest BCUT2D eigenvalue weighted by Gasteiger charge is 2.28. The molecule has 2 aromatic heterocycles. The number of sulfonamides is 1. The third-order valence-corrected chi connectivity index (χ3v) is 8.04. The minimum Gasteiger partial charge on any atom is -0.480 e. The van der Waals surface area contributed by atoms with Gasteiger partial charge in [0, 0.05) is 18.6 Å². The number of hydrogen-bond donors (Lipinski definition) is 3. The Morgan fingerprint density at radius 3 is 2.62 bits per heavy atom. The van der Waals surface area contributed by atoms with Gasteiger partial charge in [0.2, 0.25) is 21.9 Å². The number of methoxy groups -OCH3 is 1. The highest BCUT2D eigenvalue weighted by atomic mass is 32.2. The fourth-order valence-electron chi connectivity index (χ4n) is 4.59. The van der Waals surface area contributed by atoms with E-state index in [1.54, 1.807) is 7.11 Å². The largest absolute Gasteiger partial charge is 0.480 e. The molecule has 0 aromatic carbocycles. The molecule has 0 spiro atoms. The third-order valence-electron chi connectivity index (χ3n) is 6.57. The maximum absolute atomic E-state index is 12.3. The van der Waals surface area contributed by atoms with Crippen LogP contribution in [-0.4, -0.2) is 79.3 Å². The SMILES string of the molecule is COc1nc(NC2CCC(NS(=O)(=O)CCC(C)C)CC2)nc2[nH]nc(N3CCOC[C@@H]3C)c12. The van der Waals surface area contributed by atoms with Gasteiger partial charge in [0.1, 0.15) is 5.39 Å². The maximum Gasteiger partial charge on any atom is 0.231 e. The summed E-state index contributed by atoms with van der Waals surface area (Å²) in [4.78, 5) is 11.4. The first kappa shape index (κ1) is 24.9. The molecule has 1 saturated heterocycles. The van der Waals surface area contributed by atoms with Crippen LogP contribution in [0.5, 0.6) is 5.88 Å². The molecule has 0 unspecified atom stereocenters. The van der Waals surface area contributed by atoms with Gasteiger partial charge in [-0.25, -0.2) is 13.1 Å². The molecule has 3 heterocycles. The monoisotopic (exact) mass is 495 g/mol. The molecule has 1 saturated carbocycles. The Morgan fingerprint density at radius 1 is 1.21 bits per heavy atom. The first-order valence-electron chi connectivity index (χ1n) is 12.2. The zero-order valence-electron chi connectivity index (χ0n) is 20.5. The smallest absolute Gasteiger partial charge is 0.231 e. The van der Waals surface area contributed by atoms with Crippen molar-refractivity contribution in [3.63, 3.8) is 0 Å². The van der Waals surface area contributed by atoms with Gasteiger partial charge in [-0.1, -0.05) is 13.8 Å². The molecule has 0 amide bonds. The summed E-state index contributed by atoms with van der Waals surface area (Å²) in [5, 5.41) is 11.7. The number of nitrogens with zero attached hydrogens (tertiary/aromatic N) is 4. The van der Waals surface area contributed by atoms with Crippen molar-refractivity contribution in [3.05, 3.63) is 0 Å². The maximum atomic E-state index is 12.3. The Morgan fingerprint density at radius 2 is 1.94 bits per heavy atom. The number of morpholine rings is 1. The number of hydrogen-bond acceptors (Lipinski definition) is 9. The molecule has 190 valence electrons. The Balaban J connectivity index is 1.40. The van der Waals surface area contributed by atoms with Crippen molar-refractivity contribution in [2.75, 3.05) is 42.8 Å². The van der Waals surface area contributed by atoms with Crippen molar-refractivity contribution in [3.8, 4) is 5.88 Å². The van der Waals surface area contributed by atoms with E-state index in [9.17, 15) is 8.42 Å². The van der Waals surface area contributed by atoms with Crippen molar-refractivity contribution in [1.82, 2.24) is 24.9 Å². The molecular formula is C22H37N7O4S. The zero-order chi connectivity index (χ0) is 24.3. The van der Waals surface area contributed by atoms with Gasteiger partial charge in [0.15, 0.2) is 11.5 Å². The third kappa shape index (κ3) is 5.89. The first-order valence-corrected chi connectivity index (χ1v) is 13.8. The van der Waals surface area contributed by atoms with Crippen molar-refractivity contribution >= 4 is 32.8 Å². The molecule has 1 atom stereocenters. The second-order valence-electron chi connectivity index (χ2n) is 9.76. The lowest BCUT2D eigenvalue weighted by atomic mass is 9.92. The minimum atomic E-state index is -3.23. The van der Waals surface area contributed by atoms with Crippen molar-refractivity contribution in [2.45, 2.75) is 71.0 Å². The van der Waals surface area contributed by atoms with Gasteiger partial charge >= 0.3 is 0 Å². The van der Waals surface area contributed by atoms with Crippen LogP contribution in [0.15, 0.2) is 0 Å². The van der Waals surface area contributed by atoms with E-state index in [4.69, 9.17) is 9.47 Å². The van der Waals surface area contributed by atoms with Gasteiger partial charge in [0.05, 0.1) is 32.1 Å². The van der Waals surface area contributed by atoms with E-state index in [0.29, 0.717) is 43.0 Å². The predicted molar refractivity (Wildman–Crippen MR) is 132 cm³/mol. The summed E-state index contributed by atoms with van der Waals surface area (Å²) in [7, 11) is -1.63. The number of fused-ring (bicyclic) bond motifs is 1. The van der Waals surface area contributed by atoms with Gasteiger partial charge in [-0.05, 0) is 44.9 Å². The normalized spacial score (nSPS) is 24.0. The van der Waals surface area contributed by atoms with E-state index >= 15 is 0 Å². The van der Waals surface area contributed by atoms with Crippen LogP contribution < -0.4 is 19.7 Å². The fourth-order valence-corrected chi connectivity index (χ4v) is 6.23. The number of aromatic nitrogens is 4. The summed E-state index contributed by atoms with van der Waals surface area (Å²) in [5.74, 6) is 2.29. The highest BCUT2D eigenvalue weighted by molar-refractivity contribution is 7.89. The van der Waals surface area contributed by atoms with Crippen LogP contribution in [-0.2, 0) is 14.8 Å². The molecule has 4 rings (SSSR count). The van der Waals surface area contributed by atoms with Gasteiger partial charge < -0.3 is 19.7 Å². The van der Waals surface area contributed by atoms with Gasteiger partial charge in [-0.2, -0.15) is 15.1 Å². The molecule has 0 bridgehead atoms. The summed E-state index contributed by atoms with van der Waals surface area (Å²) in [6.07, 6.45) is 3.90. The van der Waals surface area contributed by atoms with Gasteiger partial charge in [0.25, 0.3) is 0 Å². The average Bonchev–Trinajstić information content (AvgIpc) is 3.22. The number of H-pyrrole nitrogens is 1. The number of aromatic amines is 1. The van der Waals surface area contributed by atoms with Crippen LogP contribution in [0.1, 0.15) is 52.9 Å². The zero-order valence-corrected chi connectivity index (χ0v) is 21.3. The van der Waals surface area contributed by atoms with Crippen molar-refractivity contribution in [2.24, 2.45) is 5.92 Å². The minimum absolute atomic E-state index is 0.0150. The molecule has 11 nitrogen and oxygen atoms in total. The molecule has 1 aliphatic carbocycles. The number of ether oxygens (including phenoxy) is 2. The van der Waals surface area contributed by atoms with Gasteiger partial charge in [-0.15, -0.1) is 0 Å². The van der Waals surface area contributed by atoms with E-state index in [2.05, 4.69) is 42.0 Å². The first-order chi connectivity index (χ1) is 16.3.